The zero-order chi connectivity index (χ0) is 20.0. The van der Waals surface area contributed by atoms with Crippen molar-refractivity contribution in [3.8, 4) is 0 Å². The van der Waals surface area contributed by atoms with Gasteiger partial charge >= 0.3 is 17.8 Å². The average Bonchev–Trinajstić information content (AvgIpc) is 3.33. The van der Waals surface area contributed by atoms with Crippen LogP contribution in [0.1, 0.15) is 32.6 Å². The van der Waals surface area contributed by atoms with Gasteiger partial charge in [0.25, 0.3) is 0 Å². The molecule has 1 aliphatic heterocycles. The van der Waals surface area contributed by atoms with Gasteiger partial charge in [-0.3, -0.25) is 19.3 Å². The number of nitrogens with one attached hydrogen (secondary N) is 1. The number of fused-ring (bicyclic) bond motifs is 2. The van der Waals surface area contributed by atoms with E-state index in [9.17, 15) is 23.6 Å². The van der Waals surface area contributed by atoms with Gasteiger partial charge in [-0.25, -0.2) is 14.1 Å². The Bertz CT molecular complexity index is 858. The maximum absolute atomic E-state index is 13.2. The fourth-order valence-electron chi connectivity index (χ4n) is 5.01. The number of rotatable bonds is 5. The molecule has 0 radical (unpaired) electrons. The molecule has 7 nitrogen and oxygen atoms in total. The smallest absolute Gasteiger partial charge is 0.324 e. The molecule has 1 N–H and O–H groups in total. The number of carbonyl (C=O) groups excluding carboxylic acids is 4. The first kappa shape index (κ1) is 18.6. The van der Waals surface area contributed by atoms with E-state index in [0.29, 0.717) is 16.7 Å². The number of halogens is 1. The third kappa shape index (κ3) is 3.16. The quantitative estimate of drug-likeness (QED) is 0.621. The summed E-state index contributed by atoms with van der Waals surface area (Å²) in [7, 11) is 0. The summed E-state index contributed by atoms with van der Waals surface area (Å²) in [5, 5.41) is 2.43. The fraction of sp³-hybridized carbons (Fsp3) is 0.500. The molecular weight excluding hydrogens is 365 g/mol. The lowest BCUT2D eigenvalue weighted by Crippen LogP contribution is -2.45. The standard InChI is InChI=1S/C20H22FN3O4/c1-11(16-8-12-5-6-13(16)7-12)24-19(27)18(26)23(20(24)28)10-17(25)22-15-4-2-3-14(21)9-15/h2-4,9,11-13,16H,5-8,10H2,1H3,(H,22,25)/t11-,12+,13+,16-/m1/s1. The van der Waals surface area contributed by atoms with Crippen molar-refractivity contribution < 1.29 is 23.6 Å². The van der Waals surface area contributed by atoms with Gasteiger partial charge in [0.15, 0.2) is 0 Å². The first-order valence-electron chi connectivity index (χ1n) is 9.59. The Morgan fingerprint density at radius 1 is 1.21 bits per heavy atom. The summed E-state index contributed by atoms with van der Waals surface area (Å²) in [6, 6.07) is 4.16. The van der Waals surface area contributed by atoms with E-state index in [-0.39, 0.29) is 17.6 Å². The van der Waals surface area contributed by atoms with Crippen LogP contribution in [0, 0.1) is 23.6 Å². The summed E-state index contributed by atoms with van der Waals surface area (Å²) in [4.78, 5) is 51.4. The highest BCUT2D eigenvalue weighted by Crippen LogP contribution is 2.50. The second-order valence-electron chi connectivity index (χ2n) is 7.99. The van der Waals surface area contributed by atoms with Gasteiger partial charge in [-0.2, -0.15) is 0 Å². The second-order valence-corrected chi connectivity index (χ2v) is 7.99. The van der Waals surface area contributed by atoms with Crippen LogP contribution in [0.15, 0.2) is 24.3 Å². The van der Waals surface area contributed by atoms with Crippen molar-refractivity contribution >= 4 is 29.4 Å². The van der Waals surface area contributed by atoms with E-state index in [2.05, 4.69) is 5.32 Å². The zero-order valence-electron chi connectivity index (χ0n) is 15.6. The summed E-state index contributed by atoms with van der Waals surface area (Å²) in [5.74, 6) is -1.72. The lowest BCUT2D eigenvalue weighted by atomic mass is 9.83. The highest BCUT2D eigenvalue weighted by Gasteiger charge is 2.52. The molecule has 4 atom stereocenters. The number of nitrogens with zero attached hydrogens (tertiary/aromatic N) is 2. The summed E-state index contributed by atoms with van der Waals surface area (Å²) >= 11 is 0. The minimum atomic E-state index is -0.991. The van der Waals surface area contributed by atoms with E-state index in [1.807, 2.05) is 6.92 Å². The first-order chi connectivity index (χ1) is 13.3. The number of amides is 5. The third-order valence-corrected chi connectivity index (χ3v) is 6.31. The van der Waals surface area contributed by atoms with E-state index >= 15 is 0 Å². The summed E-state index contributed by atoms with van der Waals surface area (Å²) in [6.07, 6.45) is 4.39. The molecule has 3 aliphatic rings. The van der Waals surface area contributed by atoms with E-state index in [1.54, 1.807) is 0 Å². The Hall–Kier alpha value is -2.77. The van der Waals surface area contributed by atoms with E-state index in [4.69, 9.17) is 0 Å². The molecule has 1 saturated heterocycles. The van der Waals surface area contributed by atoms with Crippen molar-refractivity contribution in [2.75, 3.05) is 11.9 Å². The number of benzene rings is 1. The molecule has 2 aliphatic carbocycles. The van der Waals surface area contributed by atoms with Crippen LogP contribution < -0.4 is 5.32 Å². The van der Waals surface area contributed by atoms with Gasteiger partial charge in [-0.15, -0.1) is 0 Å². The maximum atomic E-state index is 13.2. The molecule has 2 bridgehead atoms. The van der Waals surface area contributed by atoms with E-state index in [0.717, 1.165) is 30.2 Å². The van der Waals surface area contributed by atoms with Gasteiger partial charge in [0, 0.05) is 11.7 Å². The van der Waals surface area contributed by atoms with Crippen LogP contribution in [0.25, 0.3) is 0 Å². The average molecular weight is 387 g/mol. The predicted molar refractivity (Wildman–Crippen MR) is 97.4 cm³/mol. The largest absolute Gasteiger partial charge is 0.334 e. The van der Waals surface area contributed by atoms with Gasteiger partial charge in [-0.1, -0.05) is 12.5 Å². The van der Waals surface area contributed by atoms with Crippen LogP contribution in [0.2, 0.25) is 0 Å². The van der Waals surface area contributed by atoms with E-state index < -0.39 is 36.1 Å². The van der Waals surface area contributed by atoms with Crippen molar-refractivity contribution in [3.63, 3.8) is 0 Å². The summed E-state index contributed by atoms with van der Waals surface area (Å²) in [6.45, 7) is 1.23. The number of anilines is 1. The molecule has 1 aromatic rings. The number of carbonyl (C=O) groups is 4. The molecular formula is C20H22FN3O4. The molecule has 8 heteroatoms. The zero-order valence-corrected chi connectivity index (χ0v) is 15.6. The van der Waals surface area contributed by atoms with Gasteiger partial charge in [0.2, 0.25) is 5.91 Å². The Balaban J connectivity index is 1.44. The molecule has 148 valence electrons. The van der Waals surface area contributed by atoms with Crippen molar-refractivity contribution in [2.45, 2.75) is 38.6 Å². The lowest BCUT2D eigenvalue weighted by Gasteiger charge is -2.32. The Morgan fingerprint density at radius 2 is 2.00 bits per heavy atom. The minimum Gasteiger partial charge on any atom is -0.324 e. The number of imide groups is 2. The second kappa shape index (κ2) is 7.00. The highest BCUT2D eigenvalue weighted by atomic mass is 19.1. The maximum Gasteiger partial charge on any atom is 0.334 e. The van der Waals surface area contributed by atoms with Crippen LogP contribution in [0.3, 0.4) is 0 Å². The minimum absolute atomic E-state index is 0.209. The highest BCUT2D eigenvalue weighted by molar-refractivity contribution is 6.45. The molecule has 3 fully saturated rings. The third-order valence-electron chi connectivity index (χ3n) is 6.31. The summed E-state index contributed by atoms with van der Waals surface area (Å²) < 4.78 is 13.2. The van der Waals surface area contributed by atoms with Gasteiger partial charge in [-0.05, 0) is 62.1 Å². The van der Waals surface area contributed by atoms with Crippen LogP contribution in [0.4, 0.5) is 14.9 Å². The Morgan fingerprint density at radius 3 is 2.64 bits per heavy atom. The van der Waals surface area contributed by atoms with E-state index in [1.165, 1.54) is 24.6 Å². The van der Waals surface area contributed by atoms with Crippen LogP contribution >= 0.6 is 0 Å². The molecule has 1 aromatic carbocycles. The van der Waals surface area contributed by atoms with Crippen molar-refractivity contribution in [2.24, 2.45) is 17.8 Å². The molecule has 2 saturated carbocycles. The molecule has 0 aromatic heterocycles. The van der Waals surface area contributed by atoms with Crippen LogP contribution in [-0.4, -0.2) is 46.1 Å². The topological polar surface area (TPSA) is 86.8 Å². The monoisotopic (exact) mass is 387 g/mol. The normalized spacial score (nSPS) is 27.6. The molecule has 5 amide bonds. The van der Waals surface area contributed by atoms with Gasteiger partial charge in [0.05, 0.1) is 0 Å². The SMILES string of the molecule is C[C@H]([C@H]1C[C@H]2CC[C@H]1C2)N1C(=O)C(=O)N(CC(=O)Nc2cccc(F)c2)C1=O. The molecule has 4 rings (SSSR count). The molecule has 1 heterocycles. The van der Waals surface area contributed by atoms with Crippen LogP contribution in [0.5, 0.6) is 0 Å². The first-order valence-corrected chi connectivity index (χ1v) is 9.59. The van der Waals surface area contributed by atoms with Gasteiger partial charge < -0.3 is 5.32 Å². The molecule has 0 spiro atoms. The number of hydrogen-bond donors (Lipinski definition) is 1. The Labute approximate surface area is 161 Å². The number of urea groups is 1. The summed E-state index contributed by atoms with van der Waals surface area (Å²) in [5.41, 5.74) is 0.211. The van der Waals surface area contributed by atoms with Crippen LogP contribution in [-0.2, 0) is 14.4 Å². The molecule has 0 unspecified atom stereocenters. The van der Waals surface area contributed by atoms with Crippen molar-refractivity contribution in [3.05, 3.63) is 30.1 Å². The van der Waals surface area contributed by atoms with Gasteiger partial charge in [0.1, 0.15) is 12.4 Å². The molecule has 28 heavy (non-hydrogen) atoms. The van der Waals surface area contributed by atoms with Crippen molar-refractivity contribution in [1.82, 2.24) is 9.80 Å². The fourth-order valence-corrected chi connectivity index (χ4v) is 5.01. The predicted octanol–water partition coefficient (Wildman–Crippen LogP) is 2.38. The Kier molecular flexibility index (Phi) is 4.64. The van der Waals surface area contributed by atoms with Crippen molar-refractivity contribution in [1.29, 1.82) is 0 Å². The number of hydrogen-bond acceptors (Lipinski definition) is 4. The lowest BCUT2D eigenvalue weighted by molar-refractivity contribution is -0.144.